The van der Waals surface area contributed by atoms with Crippen molar-refractivity contribution >= 4 is 168 Å². The fourth-order valence-corrected chi connectivity index (χ4v) is 0. The van der Waals surface area contributed by atoms with E-state index in [9.17, 15) is 0 Å². The average Bonchev–Trinajstić information content (AvgIpc) is 0. The topological polar surface area (TPSA) is 0 Å². The minimum absolute atomic E-state index is 0. The molecule has 0 bridgehead atoms. The summed E-state index contributed by atoms with van der Waals surface area (Å²) in [5, 5.41) is 0. The third-order valence-electron chi connectivity index (χ3n) is 0. The maximum absolute atomic E-state index is 0. The van der Waals surface area contributed by atoms with Crippen LogP contribution in [0.1, 0.15) is 0 Å². The molecule has 12 valence electrons. The van der Waals surface area contributed by atoms with Crippen LogP contribution >= 0.6 is 0 Å². The van der Waals surface area contributed by atoms with Crippen molar-refractivity contribution in [3.63, 3.8) is 0 Å². The maximum atomic E-state index is 0. The second kappa shape index (κ2) is 15.8. The Morgan fingerprint density at radius 3 is 1.00 bits per heavy atom. The molecule has 0 heterocycles. The van der Waals surface area contributed by atoms with Gasteiger partial charge in [0.2, 0.25) is 0 Å². The van der Waals surface area contributed by atoms with Crippen molar-refractivity contribution in [2.45, 2.75) is 0 Å². The summed E-state index contributed by atoms with van der Waals surface area (Å²) in [4.78, 5) is 0. The second-order valence-electron chi connectivity index (χ2n) is 0. The van der Waals surface area contributed by atoms with E-state index in [0.717, 1.165) is 0 Å². The van der Waals surface area contributed by atoms with E-state index in [-0.39, 0.29) is 168 Å². The van der Waals surface area contributed by atoms with Crippen LogP contribution in [0.15, 0.2) is 0 Å². The molecule has 0 fully saturated rings. The van der Waals surface area contributed by atoms with E-state index < -0.39 is 0 Å². The van der Waals surface area contributed by atoms with Crippen LogP contribution in [0, 0.1) is 0 Å². The summed E-state index contributed by atoms with van der Waals surface area (Å²) < 4.78 is 0. The molecule has 0 rings (SSSR count). The van der Waals surface area contributed by atoms with E-state index in [0.29, 0.717) is 0 Å². The Morgan fingerprint density at radius 2 is 1.00 bits per heavy atom. The van der Waals surface area contributed by atoms with Crippen LogP contribution in [0.2, 0.25) is 0 Å². The summed E-state index contributed by atoms with van der Waals surface area (Å²) >= 11 is 0. The molecule has 0 amide bonds. The molecule has 0 atom stereocenters. The molecule has 0 aliphatic rings. The first-order valence-corrected chi connectivity index (χ1v) is 0. The Hall–Kier alpha value is 5.47. The van der Waals surface area contributed by atoms with Gasteiger partial charge in [-0.05, 0) is 0 Å². The first kappa shape index (κ1) is 22.7. The van der Waals surface area contributed by atoms with Gasteiger partial charge in [-0.1, -0.05) is 0 Å². The molecule has 4 heteroatoms. The van der Waals surface area contributed by atoms with Crippen molar-refractivity contribution in [2.24, 2.45) is 0 Å². The normalized spacial score (nSPS) is 0. The molecule has 0 nitrogen and oxygen atoms in total. The van der Waals surface area contributed by atoms with Crippen molar-refractivity contribution < 1.29 is 0 Å². The standard InChI is InChI=1S/Ba.Ca.K.Na.6H. The Kier molecular flexibility index (Phi) is 89.7. The molecular formula is H6BaCaKNa. The SMILES string of the molecule is [BaH2].[CaH2].[KH].[NaH]. The number of hydrogen-bond acceptors (Lipinski definition) is 0. The molecule has 4 heavy (non-hydrogen) atoms. The van der Waals surface area contributed by atoms with Gasteiger partial charge >= 0.3 is 168 Å². The van der Waals surface area contributed by atoms with E-state index in [4.69, 9.17) is 0 Å². The predicted molar refractivity (Wildman–Crippen MR) is 31.4 cm³/mol. The van der Waals surface area contributed by atoms with Crippen molar-refractivity contribution in [1.29, 1.82) is 0 Å². The van der Waals surface area contributed by atoms with E-state index in [1.54, 1.807) is 0 Å². The van der Waals surface area contributed by atoms with E-state index in [2.05, 4.69) is 0 Å². The zero-order chi connectivity index (χ0) is 0. The summed E-state index contributed by atoms with van der Waals surface area (Å²) in [6, 6.07) is 0. The molecule has 0 saturated carbocycles. The predicted octanol–water partition coefficient (Wildman–Crippen LogP) is -3.13. The molecule has 0 aliphatic heterocycles. The van der Waals surface area contributed by atoms with Crippen LogP contribution in [0.3, 0.4) is 0 Å². The zero-order valence-electron chi connectivity index (χ0n) is 0. The van der Waals surface area contributed by atoms with Gasteiger partial charge in [-0.2, -0.15) is 0 Å². The van der Waals surface area contributed by atoms with Gasteiger partial charge in [-0.3, -0.25) is 0 Å². The fraction of sp³-hybridized carbons (Fsp3) is 0. The van der Waals surface area contributed by atoms with Gasteiger partial charge in [0.25, 0.3) is 0 Å². The molecule has 0 spiro atoms. The molecule has 0 aromatic rings. The van der Waals surface area contributed by atoms with Crippen LogP contribution in [0.25, 0.3) is 0 Å². The number of rotatable bonds is 0. The molecule has 0 aromatic carbocycles. The third-order valence-corrected chi connectivity index (χ3v) is 0. The monoisotopic (exact) mass is 246 g/mol. The summed E-state index contributed by atoms with van der Waals surface area (Å²) in [6.07, 6.45) is 0. The molecule has 0 saturated heterocycles. The van der Waals surface area contributed by atoms with Crippen LogP contribution in [0.5, 0.6) is 0 Å². The van der Waals surface area contributed by atoms with Gasteiger partial charge in [0.1, 0.15) is 0 Å². The average molecular weight is 246 g/mol. The second-order valence-corrected chi connectivity index (χ2v) is 0. The first-order chi connectivity index (χ1) is 0. The fourth-order valence-electron chi connectivity index (χ4n) is 0. The van der Waals surface area contributed by atoms with E-state index >= 15 is 0 Å². The molecule has 0 radical (unpaired) electrons. The molecule has 0 N–H and O–H groups in total. The zero-order valence-corrected chi connectivity index (χ0v) is 0. The summed E-state index contributed by atoms with van der Waals surface area (Å²) in [5.74, 6) is 0. The summed E-state index contributed by atoms with van der Waals surface area (Å²) in [7, 11) is 0. The van der Waals surface area contributed by atoms with Gasteiger partial charge < -0.3 is 0 Å². The van der Waals surface area contributed by atoms with Crippen LogP contribution in [-0.4, -0.2) is 168 Å². The Bertz CT molecular complexity index is 8.00. The van der Waals surface area contributed by atoms with Gasteiger partial charge in [0.05, 0.1) is 0 Å². The van der Waals surface area contributed by atoms with Gasteiger partial charge in [-0.25, -0.2) is 0 Å². The minimum atomic E-state index is 0. The van der Waals surface area contributed by atoms with Crippen LogP contribution in [0.4, 0.5) is 0 Å². The Labute approximate surface area is 161 Å². The molecule has 0 unspecified atom stereocenters. The van der Waals surface area contributed by atoms with Gasteiger partial charge in [0.15, 0.2) is 0 Å². The van der Waals surface area contributed by atoms with E-state index in [1.165, 1.54) is 0 Å². The molecular weight excluding hydrogens is 239 g/mol. The van der Waals surface area contributed by atoms with Crippen molar-refractivity contribution in [1.82, 2.24) is 0 Å². The van der Waals surface area contributed by atoms with Crippen LogP contribution in [-0.2, 0) is 0 Å². The summed E-state index contributed by atoms with van der Waals surface area (Å²) in [6.45, 7) is 0. The van der Waals surface area contributed by atoms with Crippen LogP contribution < -0.4 is 0 Å². The van der Waals surface area contributed by atoms with Crippen molar-refractivity contribution in [2.75, 3.05) is 0 Å². The van der Waals surface area contributed by atoms with Crippen molar-refractivity contribution in [3.8, 4) is 0 Å². The quantitative estimate of drug-likeness (QED) is 0.396. The number of hydrogen-bond donors (Lipinski definition) is 0. The van der Waals surface area contributed by atoms with E-state index in [1.807, 2.05) is 0 Å². The van der Waals surface area contributed by atoms with Gasteiger partial charge in [-0.15, -0.1) is 0 Å². The Morgan fingerprint density at radius 1 is 1.00 bits per heavy atom. The van der Waals surface area contributed by atoms with Gasteiger partial charge in [0, 0.05) is 0 Å². The Balaban J connectivity index is 0. The molecule has 0 aliphatic carbocycles. The summed E-state index contributed by atoms with van der Waals surface area (Å²) in [5.41, 5.74) is 0. The first-order valence-electron chi connectivity index (χ1n) is 0. The van der Waals surface area contributed by atoms with Crippen molar-refractivity contribution in [3.05, 3.63) is 0 Å². The molecule has 0 aromatic heterocycles. The third kappa shape index (κ3) is 10.4.